The van der Waals surface area contributed by atoms with Gasteiger partial charge in [0.1, 0.15) is 0 Å². The van der Waals surface area contributed by atoms with E-state index in [-0.39, 0.29) is 11.4 Å². The van der Waals surface area contributed by atoms with Crippen LogP contribution in [-0.4, -0.2) is 16.5 Å². The summed E-state index contributed by atoms with van der Waals surface area (Å²) in [5.41, 5.74) is 0.282. The average Bonchev–Trinajstić information content (AvgIpc) is 3.04. The van der Waals surface area contributed by atoms with Gasteiger partial charge in [0.25, 0.3) is 0 Å². The second kappa shape index (κ2) is 3.26. The van der Waals surface area contributed by atoms with Crippen LogP contribution in [-0.2, 0) is 9.53 Å². The van der Waals surface area contributed by atoms with E-state index in [1.165, 1.54) is 25.7 Å². The maximum Gasteiger partial charge on any atom is 0.306 e. The van der Waals surface area contributed by atoms with Gasteiger partial charge in [0.2, 0.25) is 0 Å². The van der Waals surface area contributed by atoms with E-state index in [9.17, 15) is 4.79 Å². The minimum Gasteiger partial charge on any atom is -0.465 e. The third kappa shape index (κ3) is 1.10. The van der Waals surface area contributed by atoms with Crippen LogP contribution in [0.2, 0.25) is 0 Å². The van der Waals surface area contributed by atoms with Crippen LogP contribution in [0.4, 0.5) is 0 Å². The van der Waals surface area contributed by atoms with E-state index < -0.39 is 0 Å². The molecule has 4 saturated carbocycles. The lowest BCUT2D eigenvalue weighted by molar-refractivity contribution is -0.137. The van der Waals surface area contributed by atoms with Gasteiger partial charge in [-0.15, -0.1) is 0 Å². The number of hydrogen-bond donors (Lipinski definition) is 0. The highest BCUT2D eigenvalue weighted by molar-refractivity contribution is 14.1. The van der Waals surface area contributed by atoms with Crippen LogP contribution in [0.25, 0.3) is 0 Å². The maximum absolute atomic E-state index is 11.6. The molecular formula is C15H19IO2. The average molecular weight is 358 g/mol. The number of cyclic esters (lactones) is 1. The molecule has 0 amide bonds. The van der Waals surface area contributed by atoms with Crippen LogP contribution in [0, 0.1) is 40.9 Å². The first kappa shape index (κ1) is 10.9. The van der Waals surface area contributed by atoms with Crippen molar-refractivity contribution < 1.29 is 9.53 Å². The minimum atomic E-state index is 0.0771. The monoisotopic (exact) mass is 358 g/mol. The van der Waals surface area contributed by atoms with Crippen LogP contribution in [0.3, 0.4) is 0 Å². The van der Waals surface area contributed by atoms with Gasteiger partial charge in [-0.1, -0.05) is 22.6 Å². The van der Waals surface area contributed by atoms with Crippen molar-refractivity contribution in [3.63, 3.8) is 0 Å². The topological polar surface area (TPSA) is 26.3 Å². The summed E-state index contributed by atoms with van der Waals surface area (Å²) in [6.45, 7) is 0.750. The number of fused-ring (bicyclic) bond motifs is 10. The molecule has 1 saturated heterocycles. The molecule has 1 heterocycles. The molecule has 3 heteroatoms. The second-order valence-electron chi connectivity index (χ2n) is 7.57. The Kier molecular flexibility index (Phi) is 1.98. The first-order valence-corrected chi connectivity index (χ1v) is 8.72. The number of halogens is 1. The number of rotatable bonds is 0. The summed E-state index contributed by atoms with van der Waals surface area (Å²) in [7, 11) is 0. The molecule has 98 valence electrons. The zero-order chi connectivity index (χ0) is 12.1. The summed E-state index contributed by atoms with van der Waals surface area (Å²) < 4.78 is 6.28. The zero-order valence-electron chi connectivity index (χ0n) is 10.5. The summed E-state index contributed by atoms with van der Waals surface area (Å²) >= 11 is 2.70. The molecule has 1 aliphatic heterocycles. The molecule has 0 aromatic heterocycles. The third-order valence-corrected chi connectivity index (χ3v) is 8.52. The highest BCUT2D eigenvalue weighted by Crippen LogP contribution is 2.73. The zero-order valence-corrected chi connectivity index (χ0v) is 12.6. The third-order valence-electron chi connectivity index (χ3n) is 7.09. The van der Waals surface area contributed by atoms with Gasteiger partial charge in [0.05, 0.1) is 13.0 Å². The highest BCUT2D eigenvalue weighted by Gasteiger charge is 2.69. The van der Waals surface area contributed by atoms with Gasteiger partial charge in [-0.2, -0.15) is 0 Å². The molecule has 2 nitrogen and oxygen atoms in total. The van der Waals surface area contributed by atoms with Crippen molar-refractivity contribution in [3.05, 3.63) is 0 Å². The number of hydrogen-bond acceptors (Lipinski definition) is 2. The van der Waals surface area contributed by atoms with Gasteiger partial charge >= 0.3 is 5.97 Å². The first-order chi connectivity index (χ1) is 8.68. The fraction of sp³-hybridized carbons (Fsp3) is 0.933. The van der Waals surface area contributed by atoms with E-state index in [1.54, 1.807) is 0 Å². The molecule has 5 aliphatic rings. The van der Waals surface area contributed by atoms with E-state index >= 15 is 0 Å². The smallest absolute Gasteiger partial charge is 0.306 e. The van der Waals surface area contributed by atoms with Crippen molar-refractivity contribution in [1.82, 2.24) is 0 Å². The van der Waals surface area contributed by atoms with Crippen LogP contribution in [0.5, 0.6) is 0 Å². The number of alkyl halides is 1. The predicted molar refractivity (Wildman–Crippen MR) is 75.2 cm³/mol. The molecule has 0 N–H and O–H groups in total. The molecule has 4 bridgehead atoms. The highest BCUT2D eigenvalue weighted by atomic mass is 127. The maximum atomic E-state index is 11.6. The molecule has 0 aromatic rings. The fourth-order valence-electron chi connectivity index (χ4n) is 6.81. The van der Waals surface area contributed by atoms with Gasteiger partial charge in [0.15, 0.2) is 0 Å². The van der Waals surface area contributed by atoms with E-state index in [1.807, 2.05) is 0 Å². The van der Waals surface area contributed by atoms with Crippen molar-refractivity contribution in [2.24, 2.45) is 40.9 Å². The van der Waals surface area contributed by atoms with Crippen LogP contribution in [0.15, 0.2) is 0 Å². The normalized spacial score (nSPS) is 63.8. The SMILES string of the molecule is O=C1CC2(CO1)CC1CC2C2C3CC(CC3I)C12. The molecule has 18 heavy (non-hydrogen) atoms. The molecule has 8 atom stereocenters. The number of carbonyl (C=O) groups is 1. The van der Waals surface area contributed by atoms with E-state index in [0.717, 1.165) is 52.5 Å². The molecule has 5 rings (SSSR count). The van der Waals surface area contributed by atoms with Gasteiger partial charge < -0.3 is 4.74 Å². The molecule has 5 fully saturated rings. The summed E-state index contributed by atoms with van der Waals surface area (Å²) in [5.74, 6) is 5.84. The molecule has 0 aromatic carbocycles. The summed E-state index contributed by atoms with van der Waals surface area (Å²) in [5, 5.41) is 0. The van der Waals surface area contributed by atoms with Crippen molar-refractivity contribution in [3.8, 4) is 0 Å². The molecule has 0 radical (unpaired) electrons. The Hall–Kier alpha value is 0.200. The van der Waals surface area contributed by atoms with E-state index in [0.29, 0.717) is 0 Å². The van der Waals surface area contributed by atoms with E-state index in [2.05, 4.69) is 22.6 Å². The Bertz CT molecular complexity index is 436. The lowest BCUT2D eigenvalue weighted by Gasteiger charge is -2.44. The van der Waals surface area contributed by atoms with Crippen LogP contribution >= 0.6 is 22.6 Å². The summed E-state index contributed by atoms with van der Waals surface area (Å²) in [6, 6.07) is 0. The van der Waals surface area contributed by atoms with Gasteiger partial charge in [-0.25, -0.2) is 0 Å². The second-order valence-corrected chi connectivity index (χ2v) is 9.17. The van der Waals surface area contributed by atoms with Gasteiger partial charge in [-0.3, -0.25) is 4.79 Å². The van der Waals surface area contributed by atoms with Crippen LogP contribution in [0.1, 0.15) is 32.1 Å². The number of carbonyl (C=O) groups excluding carboxylic acids is 1. The Balaban J connectivity index is 1.53. The number of esters is 1. The Labute approximate surface area is 121 Å². The summed E-state index contributed by atoms with van der Waals surface area (Å²) in [4.78, 5) is 11.6. The molecule has 4 aliphatic carbocycles. The Morgan fingerprint density at radius 1 is 1.17 bits per heavy atom. The first-order valence-electron chi connectivity index (χ1n) is 7.48. The lowest BCUT2D eigenvalue weighted by Crippen LogP contribution is -2.42. The lowest BCUT2D eigenvalue weighted by atomic mass is 9.60. The largest absolute Gasteiger partial charge is 0.465 e. The van der Waals surface area contributed by atoms with Crippen molar-refractivity contribution >= 4 is 28.6 Å². The Morgan fingerprint density at radius 2 is 2.06 bits per heavy atom. The predicted octanol–water partition coefficient (Wildman–Crippen LogP) is 3.04. The van der Waals surface area contributed by atoms with Crippen LogP contribution < -0.4 is 0 Å². The summed E-state index contributed by atoms with van der Waals surface area (Å²) in [6.07, 6.45) is 6.45. The van der Waals surface area contributed by atoms with Crippen molar-refractivity contribution in [2.75, 3.05) is 6.61 Å². The Morgan fingerprint density at radius 3 is 2.83 bits per heavy atom. The minimum absolute atomic E-state index is 0.0771. The molecule has 8 unspecified atom stereocenters. The molecular weight excluding hydrogens is 339 g/mol. The fourth-order valence-corrected chi connectivity index (χ4v) is 8.24. The van der Waals surface area contributed by atoms with E-state index in [4.69, 9.17) is 4.74 Å². The quantitative estimate of drug-likeness (QED) is 0.288. The van der Waals surface area contributed by atoms with Crippen molar-refractivity contribution in [2.45, 2.75) is 36.0 Å². The van der Waals surface area contributed by atoms with Crippen molar-refractivity contribution in [1.29, 1.82) is 0 Å². The standard InChI is InChI=1S/C15H19IO2/c16-11-3-7-1-9(11)14-10-2-8(13(7)14)4-15(10)5-12(17)18-6-15/h7-11,13-14H,1-6H2. The molecule has 1 spiro atoms. The number of ether oxygens (including phenoxy) is 1. The van der Waals surface area contributed by atoms with Gasteiger partial charge in [-0.05, 0) is 61.2 Å². The van der Waals surface area contributed by atoms with Gasteiger partial charge in [0, 0.05) is 9.34 Å².